The van der Waals surface area contributed by atoms with Crippen molar-refractivity contribution in [1.82, 2.24) is 4.90 Å². The van der Waals surface area contributed by atoms with Crippen molar-refractivity contribution in [3.05, 3.63) is 11.6 Å². The Balaban J connectivity index is 2.57. The quantitative estimate of drug-likeness (QED) is 0.534. The Bertz CT molecular complexity index is 204. The van der Waals surface area contributed by atoms with Crippen molar-refractivity contribution < 1.29 is 0 Å². The summed E-state index contributed by atoms with van der Waals surface area (Å²) in [6.45, 7) is 11.3. The van der Waals surface area contributed by atoms with Gasteiger partial charge in [0.15, 0.2) is 0 Å². The van der Waals surface area contributed by atoms with Gasteiger partial charge in [0, 0.05) is 23.5 Å². The van der Waals surface area contributed by atoms with E-state index in [2.05, 4.69) is 54.6 Å². The minimum atomic E-state index is 0.311. The number of likely N-dealkylation sites (tertiary alicyclic amines) is 1. The molecule has 1 aliphatic heterocycles. The lowest BCUT2D eigenvalue weighted by atomic mass is 10.0. The molecular formula is C11H20BrN. The molecule has 1 rings (SSSR count). The van der Waals surface area contributed by atoms with Crippen LogP contribution in [-0.2, 0) is 0 Å². The predicted molar refractivity (Wildman–Crippen MR) is 62.4 cm³/mol. The van der Waals surface area contributed by atoms with Crippen LogP contribution in [0.5, 0.6) is 0 Å². The van der Waals surface area contributed by atoms with Gasteiger partial charge in [-0.15, -0.1) is 0 Å². The van der Waals surface area contributed by atoms with E-state index in [0.717, 1.165) is 6.54 Å². The Kier molecular flexibility index (Phi) is 3.58. The molecule has 1 unspecified atom stereocenters. The lowest BCUT2D eigenvalue weighted by molar-refractivity contribution is 0.199. The average molecular weight is 246 g/mol. The van der Waals surface area contributed by atoms with Crippen LogP contribution in [0.4, 0.5) is 0 Å². The molecule has 0 saturated carbocycles. The Hall–Kier alpha value is 0.180. The highest BCUT2D eigenvalue weighted by Gasteiger charge is 2.38. The molecule has 13 heavy (non-hydrogen) atoms. The largest absolute Gasteiger partial charge is 0.293 e. The molecule has 0 aromatic heterocycles. The normalized spacial score (nSPS) is 27.6. The van der Waals surface area contributed by atoms with Gasteiger partial charge in [0.1, 0.15) is 0 Å². The van der Waals surface area contributed by atoms with Crippen LogP contribution >= 0.6 is 15.9 Å². The lowest BCUT2D eigenvalue weighted by Gasteiger charge is -2.33. The zero-order valence-electron chi connectivity index (χ0n) is 9.10. The van der Waals surface area contributed by atoms with Crippen LogP contribution in [0.2, 0.25) is 0 Å². The minimum Gasteiger partial charge on any atom is -0.293 e. The number of halogens is 1. The first-order valence-corrected chi connectivity index (χ1v) is 5.88. The molecule has 0 aromatic carbocycles. The average Bonchev–Trinajstić information content (AvgIpc) is 2.25. The Morgan fingerprint density at radius 3 is 2.54 bits per heavy atom. The molecule has 0 bridgehead atoms. The van der Waals surface area contributed by atoms with Gasteiger partial charge in [-0.05, 0) is 34.1 Å². The smallest absolute Gasteiger partial charge is 0.0337 e. The van der Waals surface area contributed by atoms with E-state index in [-0.39, 0.29) is 0 Å². The van der Waals surface area contributed by atoms with Crippen LogP contribution < -0.4 is 0 Å². The van der Waals surface area contributed by atoms with Crippen molar-refractivity contribution in [3.63, 3.8) is 0 Å². The molecule has 1 fully saturated rings. The Morgan fingerprint density at radius 1 is 1.54 bits per heavy atom. The summed E-state index contributed by atoms with van der Waals surface area (Å²) in [5, 5.41) is 0. The second-order valence-corrected chi connectivity index (χ2v) is 5.74. The van der Waals surface area contributed by atoms with Gasteiger partial charge in [-0.2, -0.15) is 0 Å². The first-order valence-electron chi connectivity index (χ1n) is 4.97. The first kappa shape index (κ1) is 11.3. The maximum Gasteiger partial charge on any atom is 0.0337 e. The fourth-order valence-electron chi connectivity index (χ4n) is 1.73. The van der Waals surface area contributed by atoms with Crippen LogP contribution in [-0.4, -0.2) is 28.4 Å². The van der Waals surface area contributed by atoms with Crippen molar-refractivity contribution in [3.8, 4) is 0 Å². The van der Waals surface area contributed by atoms with Crippen molar-refractivity contribution in [2.24, 2.45) is 0 Å². The summed E-state index contributed by atoms with van der Waals surface area (Å²) in [7, 11) is 0. The fraction of sp³-hybridized carbons (Fsp3) is 0.818. The zero-order valence-corrected chi connectivity index (χ0v) is 10.7. The fourth-order valence-corrected chi connectivity index (χ4v) is 2.22. The van der Waals surface area contributed by atoms with E-state index in [1.807, 2.05) is 0 Å². The van der Waals surface area contributed by atoms with Crippen molar-refractivity contribution in [2.45, 2.75) is 44.5 Å². The molecule has 0 spiro atoms. The van der Waals surface area contributed by atoms with Crippen LogP contribution in [0.15, 0.2) is 11.6 Å². The monoisotopic (exact) mass is 245 g/mol. The lowest BCUT2D eigenvalue weighted by Crippen LogP contribution is -2.42. The molecule has 76 valence electrons. The van der Waals surface area contributed by atoms with Crippen molar-refractivity contribution in [1.29, 1.82) is 0 Å². The maximum atomic E-state index is 3.74. The molecule has 0 amide bonds. The van der Waals surface area contributed by atoms with Crippen LogP contribution in [0.1, 0.15) is 34.1 Å². The summed E-state index contributed by atoms with van der Waals surface area (Å²) in [5.74, 6) is 0. The maximum absolute atomic E-state index is 3.74. The first-order chi connectivity index (χ1) is 5.94. The third-order valence-corrected chi connectivity index (χ3v) is 4.53. The van der Waals surface area contributed by atoms with Gasteiger partial charge >= 0.3 is 0 Å². The Morgan fingerprint density at radius 2 is 2.15 bits per heavy atom. The molecule has 1 heterocycles. The summed E-state index contributed by atoms with van der Waals surface area (Å²) >= 11 is 3.74. The second-order valence-electron chi connectivity index (χ2n) is 4.64. The van der Waals surface area contributed by atoms with E-state index in [1.54, 1.807) is 0 Å². The van der Waals surface area contributed by atoms with Gasteiger partial charge in [0.25, 0.3) is 0 Å². The van der Waals surface area contributed by atoms with E-state index >= 15 is 0 Å². The van der Waals surface area contributed by atoms with Gasteiger partial charge in [0.2, 0.25) is 0 Å². The molecule has 1 aliphatic rings. The highest BCUT2D eigenvalue weighted by molar-refractivity contribution is 9.09. The summed E-state index contributed by atoms with van der Waals surface area (Å²) in [6, 6.07) is 0. The second kappa shape index (κ2) is 4.14. The van der Waals surface area contributed by atoms with Gasteiger partial charge in [-0.25, -0.2) is 0 Å². The van der Waals surface area contributed by atoms with Gasteiger partial charge in [-0.1, -0.05) is 27.6 Å². The molecule has 0 aliphatic carbocycles. The number of hydrogen-bond donors (Lipinski definition) is 0. The highest BCUT2D eigenvalue weighted by Crippen LogP contribution is 2.33. The molecule has 1 atom stereocenters. The zero-order chi connectivity index (χ0) is 10.1. The van der Waals surface area contributed by atoms with Gasteiger partial charge in [0.05, 0.1) is 0 Å². The standard InChI is InChI=1S/C11H20BrN/c1-9(2)5-7-13-8-6-10(12)11(13,3)4/h5,10H,6-8H2,1-4H3. The molecule has 1 nitrogen and oxygen atoms in total. The van der Waals surface area contributed by atoms with E-state index in [4.69, 9.17) is 0 Å². The van der Waals surface area contributed by atoms with E-state index < -0.39 is 0 Å². The van der Waals surface area contributed by atoms with E-state index in [1.165, 1.54) is 18.5 Å². The SMILES string of the molecule is CC(C)=CCN1CCC(Br)C1(C)C. The molecule has 1 saturated heterocycles. The number of nitrogens with zero attached hydrogens (tertiary/aromatic N) is 1. The van der Waals surface area contributed by atoms with Gasteiger partial charge < -0.3 is 0 Å². The Labute approximate surface area is 90.3 Å². The van der Waals surface area contributed by atoms with Gasteiger partial charge in [-0.3, -0.25) is 4.90 Å². The molecule has 0 radical (unpaired) electrons. The summed E-state index contributed by atoms with van der Waals surface area (Å²) in [5.41, 5.74) is 1.72. The molecular weight excluding hydrogens is 226 g/mol. The number of alkyl halides is 1. The molecule has 0 N–H and O–H groups in total. The molecule has 2 heteroatoms. The van der Waals surface area contributed by atoms with Crippen LogP contribution in [0.25, 0.3) is 0 Å². The third kappa shape index (κ3) is 2.57. The topological polar surface area (TPSA) is 3.24 Å². The summed E-state index contributed by atoms with van der Waals surface area (Å²) < 4.78 is 0. The van der Waals surface area contributed by atoms with E-state index in [0.29, 0.717) is 10.4 Å². The predicted octanol–water partition coefficient (Wildman–Crippen LogP) is 3.20. The highest BCUT2D eigenvalue weighted by atomic mass is 79.9. The third-order valence-electron chi connectivity index (χ3n) is 2.95. The van der Waals surface area contributed by atoms with Crippen LogP contribution in [0, 0.1) is 0 Å². The molecule has 0 aromatic rings. The van der Waals surface area contributed by atoms with Crippen molar-refractivity contribution >= 4 is 15.9 Å². The van der Waals surface area contributed by atoms with E-state index in [9.17, 15) is 0 Å². The summed E-state index contributed by atoms with van der Waals surface area (Å²) in [6.07, 6.45) is 3.58. The van der Waals surface area contributed by atoms with Crippen LogP contribution in [0.3, 0.4) is 0 Å². The minimum absolute atomic E-state index is 0.311. The van der Waals surface area contributed by atoms with Crippen molar-refractivity contribution in [2.75, 3.05) is 13.1 Å². The number of allylic oxidation sites excluding steroid dienone is 1. The number of hydrogen-bond acceptors (Lipinski definition) is 1. The number of rotatable bonds is 2. The summed E-state index contributed by atoms with van der Waals surface area (Å²) in [4.78, 5) is 3.19.